The molecule has 0 aliphatic heterocycles. The molecule has 0 unspecified atom stereocenters. The van der Waals surface area contributed by atoms with Crippen molar-refractivity contribution in [2.24, 2.45) is 0 Å². The lowest BCUT2D eigenvalue weighted by Crippen LogP contribution is -2.16. The maximum Gasteiger partial charge on any atom is 0.225 e. The molecule has 0 bridgehead atoms. The number of aromatic nitrogens is 2. The third kappa shape index (κ3) is 6.30. The van der Waals surface area contributed by atoms with Gasteiger partial charge in [0.25, 0.3) is 0 Å². The lowest BCUT2D eigenvalue weighted by Gasteiger charge is -2.14. The highest BCUT2D eigenvalue weighted by Crippen LogP contribution is 2.26. The second kappa shape index (κ2) is 9.81. The minimum absolute atomic E-state index is 0.0959. The molecule has 0 aliphatic carbocycles. The van der Waals surface area contributed by atoms with Crippen LogP contribution >= 0.6 is 0 Å². The van der Waals surface area contributed by atoms with Crippen LogP contribution in [0.5, 0.6) is 0 Å². The summed E-state index contributed by atoms with van der Waals surface area (Å²) in [5, 5.41) is 10.6. The molecule has 0 spiro atoms. The summed E-state index contributed by atoms with van der Waals surface area (Å²) in [5.74, 6) is 0.401. The first-order chi connectivity index (χ1) is 15.1. The Morgan fingerprint density at radius 2 is 1.53 bits per heavy atom. The van der Waals surface area contributed by atoms with E-state index in [1.54, 1.807) is 4.68 Å². The second-order valence-electron chi connectivity index (χ2n) is 9.23. The van der Waals surface area contributed by atoms with Crippen molar-refractivity contribution in [2.45, 2.75) is 59.3 Å². The van der Waals surface area contributed by atoms with Crippen LogP contribution in [0, 0.1) is 13.8 Å². The maximum atomic E-state index is 12.6. The third-order valence-electron chi connectivity index (χ3n) is 5.13. The molecule has 6 heteroatoms. The van der Waals surface area contributed by atoms with E-state index in [0.717, 1.165) is 28.2 Å². The molecule has 2 N–H and O–H groups in total. The molecule has 0 saturated carbocycles. The number of hydrogen-bond donors (Lipinski definition) is 2. The molecule has 0 atom stereocenters. The molecule has 6 nitrogen and oxygen atoms in total. The van der Waals surface area contributed by atoms with Gasteiger partial charge in [0.05, 0.1) is 11.4 Å². The van der Waals surface area contributed by atoms with E-state index in [9.17, 15) is 9.59 Å². The number of nitrogens with one attached hydrogen (secondary N) is 2. The van der Waals surface area contributed by atoms with E-state index >= 15 is 0 Å². The molecule has 168 valence electrons. The normalized spacial score (nSPS) is 11.3. The van der Waals surface area contributed by atoms with Gasteiger partial charge < -0.3 is 10.6 Å². The monoisotopic (exact) mass is 432 g/mol. The summed E-state index contributed by atoms with van der Waals surface area (Å²) in [4.78, 5) is 24.8. The maximum absolute atomic E-state index is 12.6. The van der Waals surface area contributed by atoms with Gasteiger partial charge >= 0.3 is 0 Å². The highest BCUT2D eigenvalue weighted by molar-refractivity contribution is 5.92. The minimum atomic E-state index is -0.150. The molecule has 1 heterocycles. The van der Waals surface area contributed by atoms with E-state index in [1.165, 1.54) is 0 Å². The minimum Gasteiger partial charge on any atom is -0.326 e. The van der Waals surface area contributed by atoms with E-state index in [4.69, 9.17) is 5.10 Å². The van der Waals surface area contributed by atoms with Crippen LogP contribution in [0.3, 0.4) is 0 Å². The summed E-state index contributed by atoms with van der Waals surface area (Å²) in [6.07, 6.45) is 1.01. The van der Waals surface area contributed by atoms with Gasteiger partial charge in [-0.15, -0.1) is 0 Å². The zero-order valence-corrected chi connectivity index (χ0v) is 19.5. The van der Waals surface area contributed by atoms with E-state index in [2.05, 4.69) is 31.4 Å². The molecule has 2 aromatic carbocycles. The average Bonchev–Trinajstić information content (AvgIpc) is 3.14. The summed E-state index contributed by atoms with van der Waals surface area (Å²) in [6.45, 7) is 10.3. The lowest BCUT2D eigenvalue weighted by atomic mass is 9.92. The Labute approximate surface area is 190 Å². The third-order valence-corrected chi connectivity index (χ3v) is 5.13. The molecule has 1 aromatic heterocycles. The van der Waals surface area contributed by atoms with Crippen LogP contribution in [0.2, 0.25) is 0 Å². The van der Waals surface area contributed by atoms with Crippen LogP contribution in [0.15, 0.2) is 54.6 Å². The van der Waals surface area contributed by atoms with Crippen molar-refractivity contribution in [3.63, 3.8) is 0 Å². The Kier molecular flexibility index (Phi) is 7.13. The summed E-state index contributed by atoms with van der Waals surface area (Å²) < 4.78 is 1.77. The summed E-state index contributed by atoms with van der Waals surface area (Å²) in [7, 11) is 0. The smallest absolute Gasteiger partial charge is 0.225 e. The number of amides is 2. The Hall–Kier alpha value is -3.41. The van der Waals surface area contributed by atoms with Gasteiger partial charge in [0.15, 0.2) is 0 Å². The summed E-state index contributed by atoms with van der Waals surface area (Å²) in [5.41, 5.74) is 4.66. The summed E-state index contributed by atoms with van der Waals surface area (Å²) >= 11 is 0. The number of rotatable bonds is 7. The quantitative estimate of drug-likeness (QED) is 0.515. The molecule has 0 fully saturated rings. The highest BCUT2D eigenvalue weighted by Gasteiger charge is 2.21. The van der Waals surface area contributed by atoms with Gasteiger partial charge in [-0.25, -0.2) is 4.68 Å². The number of hydrogen-bond acceptors (Lipinski definition) is 3. The molecule has 0 saturated heterocycles. The van der Waals surface area contributed by atoms with Gasteiger partial charge in [0.2, 0.25) is 11.8 Å². The fourth-order valence-electron chi connectivity index (χ4n) is 3.27. The van der Waals surface area contributed by atoms with Gasteiger partial charge in [-0.05, 0) is 50.1 Å². The van der Waals surface area contributed by atoms with Crippen molar-refractivity contribution in [2.75, 3.05) is 10.6 Å². The van der Waals surface area contributed by atoms with Crippen molar-refractivity contribution in [3.8, 4) is 5.69 Å². The van der Waals surface area contributed by atoms with Crippen molar-refractivity contribution >= 4 is 23.3 Å². The Balaban J connectivity index is 1.62. The van der Waals surface area contributed by atoms with Crippen LogP contribution < -0.4 is 10.6 Å². The number of aryl methyl sites for hydroxylation is 2. The van der Waals surface area contributed by atoms with E-state index in [-0.39, 0.29) is 30.1 Å². The van der Waals surface area contributed by atoms with Gasteiger partial charge in [-0.3, -0.25) is 9.59 Å². The first-order valence-corrected chi connectivity index (χ1v) is 11.0. The molecular formula is C26H32N4O2. The van der Waals surface area contributed by atoms with Gasteiger partial charge in [0, 0.05) is 30.0 Å². The van der Waals surface area contributed by atoms with E-state index < -0.39 is 0 Å². The predicted molar refractivity (Wildman–Crippen MR) is 129 cm³/mol. The second-order valence-corrected chi connectivity index (χ2v) is 9.23. The van der Waals surface area contributed by atoms with Crippen LogP contribution in [-0.4, -0.2) is 21.6 Å². The zero-order chi connectivity index (χ0) is 23.3. The molecule has 0 radical (unpaired) electrons. The number of carbonyl (C=O) groups excluding carboxylic acids is 2. The van der Waals surface area contributed by atoms with Crippen molar-refractivity contribution in [3.05, 3.63) is 71.4 Å². The highest BCUT2D eigenvalue weighted by atomic mass is 16.2. The number of carbonyl (C=O) groups is 2. The first kappa shape index (κ1) is 23.3. The number of anilines is 2. The van der Waals surface area contributed by atoms with Gasteiger partial charge in [-0.1, -0.05) is 50.6 Å². The van der Waals surface area contributed by atoms with Crippen molar-refractivity contribution in [1.29, 1.82) is 0 Å². The molecule has 3 rings (SSSR count). The molecular weight excluding hydrogens is 400 g/mol. The lowest BCUT2D eigenvalue weighted by molar-refractivity contribution is -0.117. The summed E-state index contributed by atoms with van der Waals surface area (Å²) in [6, 6.07) is 17.6. The van der Waals surface area contributed by atoms with Crippen LogP contribution in [0.4, 0.5) is 11.5 Å². The van der Waals surface area contributed by atoms with Crippen LogP contribution in [-0.2, 0) is 15.0 Å². The Bertz CT molecular complexity index is 1090. The Morgan fingerprint density at radius 3 is 2.16 bits per heavy atom. The largest absolute Gasteiger partial charge is 0.326 e. The fourth-order valence-corrected chi connectivity index (χ4v) is 3.27. The zero-order valence-electron chi connectivity index (χ0n) is 19.5. The fraction of sp³-hybridized carbons (Fsp3) is 0.346. The molecule has 3 aromatic rings. The first-order valence-electron chi connectivity index (χ1n) is 11.0. The number of nitrogens with zero attached hydrogens (tertiary/aromatic N) is 2. The predicted octanol–water partition coefficient (Wildman–Crippen LogP) is 5.53. The van der Waals surface area contributed by atoms with Gasteiger partial charge in [-0.2, -0.15) is 5.10 Å². The van der Waals surface area contributed by atoms with Gasteiger partial charge in [0.1, 0.15) is 5.82 Å². The molecule has 32 heavy (non-hydrogen) atoms. The molecule has 0 aliphatic rings. The standard InChI is InChI=1S/C26H32N4O2/c1-18-12-14-20(15-13-18)27-24(31)10-7-11-25(32)28-23-17-22(26(3,4)5)29-30(23)21-9-6-8-19(2)16-21/h6,8-9,12-17H,7,10-11H2,1-5H3,(H,27,31)(H,28,32). The van der Waals surface area contributed by atoms with Crippen LogP contribution in [0.25, 0.3) is 5.69 Å². The molecule has 2 amide bonds. The van der Waals surface area contributed by atoms with Crippen molar-refractivity contribution < 1.29 is 9.59 Å². The average molecular weight is 433 g/mol. The van der Waals surface area contributed by atoms with E-state index in [0.29, 0.717) is 12.2 Å². The number of benzene rings is 2. The van der Waals surface area contributed by atoms with Crippen molar-refractivity contribution in [1.82, 2.24) is 9.78 Å². The Morgan fingerprint density at radius 1 is 0.875 bits per heavy atom. The van der Waals surface area contributed by atoms with E-state index in [1.807, 2.05) is 68.4 Å². The van der Waals surface area contributed by atoms with Crippen LogP contribution in [0.1, 0.15) is 56.9 Å². The topological polar surface area (TPSA) is 76.0 Å². The SMILES string of the molecule is Cc1ccc(NC(=O)CCCC(=O)Nc2cc(C(C)(C)C)nn2-c2cccc(C)c2)cc1.